The molecule has 0 bridgehead atoms. The van der Waals surface area contributed by atoms with E-state index in [-0.39, 0.29) is 5.95 Å². The van der Waals surface area contributed by atoms with Crippen LogP contribution >= 0.6 is 0 Å². The van der Waals surface area contributed by atoms with Gasteiger partial charge in [-0.2, -0.15) is 9.97 Å². The van der Waals surface area contributed by atoms with Crippen molar-refractivity contribution in [3.8, 4) is 5.88 Å². The van der Waals surface area contributed by atoms with Crippen molar-refractivity contribution in [1.29, 1.82) is 0 Å². The Labute approximate surface area is 110 Å². The van der Waals surface area contributed by atoms with E-state index in [2.05, 4.69) is 25.1 Å². The number of nitrogens with two attached hydrogens (primary N) is 1. The molecule has 1 atom stereocenters. The van der Waals surface area contributed by atoms with Crippen LogP contribution in [0.25, 0.3) is 11.0 Å². The van der Waals surface area contributed by atoms with Crippen LogP contribution in [0.2, 0.25) is 0 Å². The molecule has 2 aromatic heterocycles. The van der Waals surface area contributed by atoms with Crippen molar-refractivity contribution in [3.63, 3.8) is 0 Å². The summed E-state index contributed by atoms with van der Waals surface area (Å²) in [4.78, 5) is 10.9. The Hall–Kier alpha value is -2.05. The molecule has 19 heavy (non-hydrogen) atoms. The van der Waals surface area contributed by atoms with Gasteiger partial charge in [-0.3, -0.25) is 5.10 Å². The Kier molecular flexibility index (Phi) is 2.27. The number of hydrogen-bond acceptors (Lipinski definition) is 6. The van der Waals surface area contributed by atoms with Gasteiger partial charge in [0.05, 0.1) is 6.04 Å². The third-order valence-corrected chi connectivity index (χ3v) is 3.95. The first-order valence-electron chi connectivity index (χ1n) is 6.74. The van der Waals surface area contributed by atoms with Crippen molar-refractivity contribution in [2.75, 3.05) is 23.8 Å². The summed E-state index contributed by atoms with van der Waals surface area (Å²) in [5.74, 6) is 1.75. The number of fused-ring (bicyclic) bond motifs is 2. The molecule has 0 radical (unpaired) electrons. The van der Waals surface area contributed by atoms with Crippen LogP contribution in [0.4, 0.5) is 11.8 Å². The van der Waals surface area contributed by atoms with Gasteiger partial charge < -0.3 is 15.4 Å². The van der Waals surface area contributed by atoms with E-state index >= 15 is 0 Å². The smallest absolute Gasteiger partial charge is 0.246 e. The SMILES string of the molecule is Nc1nc2c3c(n[nH]c3n1)OCC1CCCCCN21. The summed E-state index contributed by atoms with van der Waals surface area (Å²) in [5.41, 5.74) is 6.46. The highest BCUT2D eigenvalue weighted by atomic mass is 16.5. The van der Waals surface area contributed by atoms with Crippen molar-refractivity contribution in [1.82, 2.24) is 20.2 Å². The van der Waals surface area contributed by atoms with Crippen molar-refractivity contribution >= 4 is 22.8 Å². The molecule has 2 aromatic rings. The number of H-pyrrole nitrogens is 1. The lowest BCUT2D eigenvalue weighted by Gasteiger charge is -2.28. The van der Waals surface area contributed by atoms with E-state index in [1.807, 2.05) is 0 Å². The topological polar surface area (TPSA) is 93.0 Å². The standard InChI is InChI=1S/C12H16N6O/c13-12-14-9-8-10(15-12)18-5-3-1-2-4-7(18)6-19-11(8)17-16-9/h7H,1-6H2,(H3,13,14,15,16,17). The second-order valence-electron chi connectivity index (χ2n) is 5.17. The van der Waals surface area contributed by atoms with Gasteiger partial charge in [-0.05, 0) is 12.8 Å². The van der Waals surface area contributed by atoms with Crippen molar-refractivity contribution in [2.45, 2.75) is 31.7 Å². The lowest BCUT2D eigenvalue weighted by atomic mass is 10.1. The summed E-state index contributed by atoms with van der Waals surface area (Å²) in [5, 5.41) is 7.90. The van der Waals surface area contributed by atoms with Crippen LogP contribution in [0.3, 0.4) is 0 Å². The molecule has 2 aliphatic heterocycles. The average molecular weight is 260 g/mol. The lowest BCUT2D eigenvalue weighted by Crippen LogP contribution is -2.38. The molecule has 7 nitrogen and oxygen atoms in total. The molecule has 1 fully saturated rings. The number of nitrogens with one attached hydrogen (secondary N) is 1. The highest BCUT2D eigenvalue weighted by Gasteiger charge is 2.30. The monoisotopic (exact) mass is 260 g/mol. The van der Waals surface area contributed by atoms with Gasteiger partial charge in [0.15, 0.2) is 5.65 Å². The fraction of sp³-hybridized carbons (Fsp3) is 0.583. The number of rotatable bonds is 0. The summed E-state index contributed by atoms with van der Waals surface area (Å²) in [6.07, 6.45) is 4.79. The fourth-order valence-corrected chi connectivity index (χ4v) is 3.02. The van der Waals surface area contributed by atoms with E-state index in [1.165, 1.54) is 19.3 Å². The Bertz CT molecular complexity index is 624. The van der Waals surface area contributed by atoms with Gasteiger partial charge in [0, 0.05) is 6.54 Å². The van der Waals surface area contributed by atoms with Crippen molar-refractivity contribution in [3.05, 3.63) is 0 Å². The molecule has 100 valence electrons. The molecule has 2 aliphatic rings. The normalized spacial score (nSPS) is 22.5. The Morgan fingerprint density at radius 3 is 3.16 bits per heavy atom. The van der Waals surface area contributed by atoms with E-state index in [0.29, 0.717) is 24.2 Å². The molecule has 0 aliphatic carbocycles. The first kappa shape index (κ1) is 10.8. The molecule has 0 amide bonds. The lowest BCUT2D eigenvalue weighted by molar-refractivity contribution is 0.274. The zero-order valence-electron chi connectivity index (χ0n) is 10.6. The number of nitrogens with zero attached hydrogens (tertiary/aromatic N) is 4. The quantitative estimate of drug-likeness (QED) is 0.736. The minimum Gasteiger partial charge on any atom is -0.474 e. The first-order valence-corrected chi connectivity index (χ1v) is 6.74. The van der Waals surface area contributed by atoms with Crippen LogP contribution in [0, 0.1) is 0 Å². The van der Waals surface area contributed by atoms with Crippen LogP contribution in [0.15, 0.2) is 0 Å². The molecule has 1 saturated heterocycles. The molecule has 4 heterocycles. The zero-order valence-corrected chi connectivity index (χ0v) is 10.6. The third kappa shape index (κ3) is 1.61. The number of hydrogen-bond donors (Lipinski definition) is 2. The molecule has 0 aromatic carbocycles. The van der Waals surface area contributed by atoms with Crippen LogP contribution in [0.1, 0.15) is 25.7 Å². The molecule has 0 spiro atoms. The maximum atomic E-state index is 5.82. The van der Waals surface area contributed by atoms with E-state index in [9.17, 15) is 0 Å². The van der Waals surface area contributed by atoms with Gasteiger partial charge in [0.25, 0.3) is 0 Å². The second-order valence-corrected chi connectivity index (χ2v) is 5.17. The highest BCUT2D eigenvalue weighted by molar-refractivity contribution is 5.93. The predicted molar refractivity (Wildman–Crippen MR) is 71.2 cm³/mol. The second kappa shape index (κ2) is 3.97. The number of nitrogen functional groups attached to an aromatic ring is 1. The summed E-state index contributed by atoms with van der Waals surface area (Å²) in [6.45, 7) is 1.64. The molecule has 7 heteroatoms. The van der Waals surface area contributed by atoms with E-state index in [0.717, 1.165) is 24.2 Å². The maximum absolute atomic E-state index is 5.82. The summed E-state index contributed by atoms with van der Waals surface area (Å²) in [7, 11) is 0. The van der Waals surface area contributed by atoms with Gasteiger partial charge in [0.1, 0.15) is 17.8 Å². The minimum absolute atomic E-state index is 0.280. The summed E-state index contributed by atoms with van der Waals surface area (Å²) >= 11 is 0. The van der Waals surface area contributed by atoms with Crippen LogP contribution < -0.4 is 15.4 Å². The zero-order chi connectivity index (χ0) is 12.8. The molecule has 0 saturated carbocycles. The predicted octanol–water partition coefficient (Wildman–Crippen LogP) is 1.08. The molecular formula is C12H16N6O. The average Bonchev–Trinajstić information content (AvgIpc) is 2.59. The number of anilines is 2. The Morgan fingerprint density at radius 1 is 1.26 bits per heavy atom. The molecule has 4 rings (SSSR count). The Balaban J connectivity index is 1.94. The van der Waals surface area contributed by atoms with Gasteiger partial charge in [-0.25, -0.2) is 0 Å². The van der Waals surface area contributed by atoms with Crippen LogP contribution in [0.5, 0.6) is 5.88 Å². The van der Waals surface area contributed by atoms with Crippen molar-refractivity contribution in [2.24, 2.45) is 0 Å². The Morgan fingerprint density at radius 2 is 2.21 bits per heavy atom. The third-order valence-electron chi connectivity index (χ3n) is 3.95. The highest BCUT2D eigenvalue weighted by Crippen LogP contribution is 2.36. The van der Waals surface area contributed by atoms with Gasteiger partial charge >= 0.3 is 0 Å². The minimum atomic E-state index is 0.280. The number of ether oxygens (including phenoxy) is 1. The van der Waals surface area contributed by atoms with Gasteiger partial charge in [-0.15, -0.1) is 5.10 Å². The van der Waals surface area contributed by atoms with E-state index < -0.39 is 0 Å². The van der Waals surface area contributed by atoms with Gasteiger partial charge in [0.2, 0.25) is 11.8 Å². The van der Waals surface area contributed by atoms with Crippen LogP contribution in [-0.4, -0.2) is 39.4 Å². The summed E-state index contributed by atoms with van der Waals surface area (Å²) in [6, 6.07) is 0.356. The molecule has 3 N–H and O–H groups in total. The summed E-state index contributed by atoms with van der Waals surface area (Å²) < 4.78 is 5.82. The van der Waals surface area contributed by atoms with Gasteiger partial charge in [-0.1, -0.05) is 12.8 Å². The maximum Gasteiger partial charge on any atom is 0.246 e. The number of aromatic amines is 1. The first-order chi connectivity index (χ1) is 9.33. The van der Waals surface area contributed by atoms with Crippen molar-refractivity contribution < 1.29 is 4.74 Å². The number of aromatic nitrogens is 4. The largest absolute Gasteiger partial charge is 0.474 e. The van der Waals surface area contributed by atoms with E-state index in [1.54, 1.807) is 0 Å². The van der Waals surface area contributed by atoms with E-state index in [4.69, 9.17) is 10.5 Å². The van der Waals surface area contributed by atoms with Crippen LogP contribution in [-0.2, 0) is 0 Å². The fourth-order valence-electron chi connectivity index (χ4n) is 3.02. The molecular weight excluding hydrogens is 244 g/mol. The molecule has 1 unspecified atom stereocenters.